The molecule has 7 rings (SSSR count). The van der Waals surface area contributed by atoms with Gasteiger partial charge in [0.05, 0.1) is 28.0 Å². The number of likely N-dealkylation sites (tertiary alicyclic amines) is 1. The number of halogens is 3. The lowest BCUT2D eigenvalue weighted by Gasteiger charge is -2.39. The Morgan fingerprint density at radius 2 is 1.86 bits per heavy atom. The number of pyridine rings is 1. The first-order valence-corrected chi connectivity index (χ1v) is 17.7. The zero-order chi connectivity index (χ0) is 34.4. The van der Waals surface area contributed by atoms with Crippen LogP contribution in [0.25, 0.3) is 21.3 Å². The van der Waals surface area contributed by atoms with E-state index < -0.39 is 17.6 Å². The van der Waals surface area contributed by atoms with Gasteiger partial charge in [0.1, 0.15) is 29.8 Å². The van der Waals surface area contributed by atoms with Crippen LogP contribution in [-0.4, -0.2) is 56.2 Å². The Morgan fingerprint density at radius 3 is 2.61 bits per heavy atom. The number of piperidine rings is 1. The van der Waals surface area contributed by atoms with E-state index in [1.165, 1.54) is 17.4 Å². The normalized spacial score (nSPS) is 17.0. The highest BCUT2D eigenvalue weighted by Gasteiger charge is 2.32. The van der Waals surface area contributed by atoms with E-state index >= 15 is 0 Å². The van der Waals surface area contributed by atoms with Crippen molar-refractivity contribution < 1.29 is 23.4 Å². The van der Waals surface area contributed by atoms with E-state index in [2.05, 4.69) is 9.88 Å². The molecule has 1 saturated heterocycles. The molecular weight excluding hydrogens is 670 g/mol. The summed E-state index contributed by atoms with van der Waals surface area (Å²) in [6.45, 7) is 5.73. The van der Waals surface area contributed by atoms with Gasteiger partial charge in [-0.15, -0.1) is 11.3 Å². The minimum absolute atomic E-state index is 0.0524. The molecule has 49 heavy (non-hydrogen) atoms. The molecule has 254 valence electrons. The van der Waals surface area contributed by atoms with E-state index in [4.69, 9.17) is 21.3 Å². The average Bonchev–Trinajstić information content (AvgIpc) is 3.51. The lowest BCUT2D eigenvalue weighted by molar-refractivity contribution is 0.0699. The van der Waals surface area contributed by atoms with Crippen LogP contribution >= 0.6 is 22.9 Å². The first-order chi connectivity index (χ1) is 23.6. The molecule has 2 aliphatic rings. The third-order valence-corrected chi connectivity index (χ3v) is 11.1. The van der Waals surface area contributed by atoms with Gasteiger partial charge < -0.3 is 9.84 Å². The molecule has 12 heteroatoms. The number of aryl methyl sites for hydroxylation is 3. The molecule has 0 radical (unpaired) electrons. The van der Waals surface area contributed by atoms with E-state index in [1.807, 2.05) is 19.9 Å². The second-order valence-corrected chi connectivity index (χ2v) is 14.2. The Morgan fingerprint density at radius 1 is 1.06 bits per heavy atom. The number of aromatic carboxylic acids is 1. The lowest BCUT2D eigenvalue weighted by Crippen LogP contribution is -2.46. The fourth-order valence-electron chi connectivity index (χ4n) is 7.37. The van der Waals surface area contributed by atoms with Gasteiger partial charge in [-0.3, -0.25) is 19.2 Å². The van der Waals surface area contributed by atoms with Crippen molar-refractivity contribution in [2.24, 2.45) is 0 Å². The van der Waals surface area contributed by atoms with Crippen LogP contribution in [0.3, 0.4) is 0 Å². The van der Waals surface area contributed by atoms with Crippen molar-refractivity contribution in [3.05, 3.63) is 109 Å². The van der Waals surface area contributed by atoms with Crippen molar-refractivity contribution in [3.8, 4) is 16.9 Å². The van der Waals surface area contributed by atoms with Gasteiger partial charge in [0.25, 0.3) is 5.56 Å². The van der Waals surface area contributed by atoms with E-state index in [9.17, 15) is 23.5 Å². The van der Waals surface area contributed by atoms with Gasteiger partial charge in [-0.1, -0.05) is 17.7 Å². The predicted molar refractivity (Wildman–Crippen MR) is 186 cm³/mol. The van der Waals surface area contributed by atoms with Gasteiger partial charge in [0.15, 0.2) is 0 Å². The van der Waals surface area contributed by atoms with Crippen LogP contribution in [0.4, 0.5) is 8.78 Å². The number of rotatable bonds is 8. The third-order valence-electron chi connectivity index (χ3n) is 9.83. The quantitative estimate of drug-likeness (QED) is 0.178. The number of nitrogens with zero attached hydrogens (tertiary/aromatic N) is 4. The molecular formula is C37H35ClF2N4O4S. The van der Waals surface area contributed by atoms with Crippen LogP contribution in [-0.2, 0) is 19.4 Å². The smallest absolute Gasteiger partial charge is 0.338 e. The molecule has 1 aliphatic heterocycles. The summed E-state index contributed by atoms with van der Waals surface area (Å²) in [7, 11) is 0. The zero-order valence-electron chi connectivity index (χ0n) is 27.1. The first kappa shape index (κ1) is 33.3. The fraction of sp³-hybridized carbons (Fsp3) is 0.351. The molecule has 0 amide bonds. The molecule has 8 nitrogen and oxygen atoms in total. The van der Waals surface area contributed by atoms with Gasteiger partial charge >= 0.3 is 5.97 Å². The van der Waals surface area contributed by atoms with Crippen LogP contribution in [0.1, 0.15) is 63.9 Å². The van der Waals surface area contributed by atoms with E-state index in [0.717, 1.165) is 66.4 Å². The molecule has 0 saturated carbocycles. The summed E-state index contributed by atoms with van der Waals surface area (Å²) in [6.07, 6.45) is 3.80. The van der Waals surface area contributed by atoms with Crippen molar-refractivity contribution in [3.63, 3.8) is 0 Å². The van der Waals surface area contributed by atoms with Crippen molar-refractivity contribution >= 4 is 39.1 Å². The number of thiophene rings is 1. The summed E-state index contributed by atoms with van der Waals surface area (Å²) >= 11 is 7.73. The minimum Gasteiger partial charge on any atom is -0.491 e. The minimum atomic E-state index is -1.04. The fourth-order valence-corrected chi connectivity index (χ4v) is 8.55. The van der Waals surface area contributed by atoms with Gasteiger partial charge in [0.2, 0.25) is 0 Å². The van der Waals surface area contributed by atoms with Crippen LogP contribution in [0, 0.1) is 25.5 Å². The summed E-state index contributed by atoms with van der Waals surface area (Å²) in [5.74, 6) is -0.834. The number of carboxylic acids is 1. The number of hydrogen-bond donors (Lipinski definition) is 1. The second-order valence-electron chi connectivity index (χ2n) is 12.8. The van der Waals surface area contributed by atoms with Gasteiger partial charge in [-0.05, 0) is 101 Å². The Labute approximate surface area is 291 Å². The van der Waals surface area contributed by atoms with Gasteiger partial charge in [0, 0.05) is 44.9 Å². The molecule has 1 aliphatic carbocycles. The largest absolute Gasteiger partial charge is 0.491 e. The number of ether oxygens (including phenoxy) is 1. The number of benzene rings is 2. The second kappa shape index (κ2) is 13.6. The van der Waals surface area contributed by atoms with E-state index in [1.54, 1.807) is 34.2 Å². The maximum atomic E-state index is 14.4. The Bertz CT molecular complexity index is 2140. The number of carbonyl (C=O) groups is 1. The van der Waals surface area contributed by atoms with Gasteiger partial charge in [-0.25, -0.2) is 18.6 Å². The average molecular weight is 705 g/mol. The Hall–Kier alpha value is -4.19. The molecule has 3 aromatic heterocycles. The topological polar surface area (TPSA) is 97.6 Å². The molecule has 0 unspecified atom stereocenters. The maximum Gasteiger partial charge on any atom is 0.338 e. The van der Waals surface area contributed by atoms with Crippen molar-refractivity contribution in [2.45, 2.75) is 64.5 Å². The van der Waals surface area contributed by atoms with Crippen LogP contribution < -0.4 is 10.3 Å². The molecule has 1 atom stereocenters. The highest BCUT2D eigenvalue weighted by atomic mass is 35.5. The van der Waals surface area contributed by atoms with E-state index in [-0.39, 0.29) is 29.7 Å². The summed E-state index contributed by atoms with van der Waals surface area (Å²) in [4.78, 5) is 37.4. The Kier molecular flexibility index (Phi) is 9.25. The SMILES string of the molecule is Cc1cc(-c2cc(Cl)ccc2OCCn2c(C)nc3c(c2=O)C[C@H](N2CCC(c4ccc(F)cc4F)CC2)CC3)c2scc(C(=O)O)c2n1. The number of hydrogen-bond acceptors (Lipinski definition) is 7. The van der Waals surface area contributed by atoms with Crippen molar-refractivity contribution in [1.82, 2.24) is 19.4 Å². The molecule has 5 aromatic rings. The highest BCUT2D eigenvalue weighted by Crippen LogP contribution is 2.40. The van der Waals surface area contributed by atoms with E-state index in [0.29, 0.717) is 51.9 Å². The molecule has 0 spiro atoms. The van der Waals surface area contributed by atoms with Gasteiger partial charge in [-0.2, -0.15) is 0 Å². The predicted octanol–water partition coefficient (Wildman–Crippen LogP) is 7.58. The summed E-state index contributed by atoms with van der Waals surface area (Å²) in [6, 6.07) is 11.3. The molecule has 0 bridgehead atoms. The van der Waals surface area contributed by atoms with Crippen molar-refractivity contribution in [1.29, 1.82) is 0 Å². The summed E-state index contributed by atoms with van der Waals surface area (Å²) in [5, 5.41) is 11.8. The third kappa shape index (κ3) is 6.59. The first-order valence-electron chi connectivity index (χ1n) is 16.4. The van der Waals surface area contributed by atoms with Crippen LogP contribution in [0.15, 0.2) is 52.6 Å². The summed E-state index contributed by atoms with van der Waals surface area (Å²) in [5.41, 5.74) is 4.84. The molecule has 4 heterocycles. The number of fused-ring (bicyclic) bond motifs is 2. The standard InChI is InChI=1S/C37H35ClF2N4O4S/c1-20-15-28(35-34(41-20)30(19-49-35)37(46)47)27-16-23(38)3-8-33(27)48-14-13-44-21(2)42-32-7-5-25(18-29(32)36(44)45)43-11-9-22(10-12-43)26-6-4-24(39)17-31(26)40/h3-4,6,8,15-17,19,22,25H,5,7,9-14,18H2,1-2H3,(H,46,47)/t25-/m1/s1. The molecule has 1 N–H and O–H groups in total. The lowest BCUT2D eigenvalue weighted by atomic mass is 9.85. The number of aromatic nitrogens is 3. The monoisotopic (exact) mass is 704 g/mol. The van der Waals surface area contributed by atoms with Crippen LogP contribution in [0.2, 0.25) is 5.02 Å². The summed E-state index contributed by atoms with van der Waals surface area (Å²) < 4.78 is 36.6. The molecule has 2 aromatic carbocycles. The Balaban J connectivity index is 1.06. The van der Waals surface area contributed by atoms with Crippen LogP contribution in [0.5, 0.6) is 5.75 Å². The maximum absolute atomic E-state index is 14.4. The highest BCUT2D eigenvalue weighted by molar-refractivity contribution is 7.18. The zero-order valence-corrected chi connectivity index (χ0v) is 28.7. The number of carboxylic acid groups (broad SMARTS) is 1. The van der Waals surface area contributed by atoms with Crippen molar-refractivity contribution in [2.75, 3.05) is 19.7 Å². The molecule has 1 fully saturated rings.